The normalized spacial score (nSPS) is 21.3. The number of benzene rings is 2. The highest BCUT2D eigenvalue weighted by Crippen LogP contribution is 2.35. The first-order valence-electron chi connectivity index (χ1n) is 7.29. The number of halogens is 1. The summed E-state index contributed by atoms with van der Waals surface area (Å²) in [6, 6.07) is 15.1. The molecule has 0 aliphatic carbocycles. The van der Waals surface area contributed by atoms with Crippen LogP contribution in [0.2, 0.25) is 5.02 Å². The van der Waals surface area contributed by atoms with Crippen molar-refractivity contribution in [2.45, 2.75) is 6.04 Å². The van der Waals surface area contributed by atoms with Crippen molar-refractivity contribution in [2.75, 3.05) is 10.7 Å². The number of hydrogen-bond acceptors (Lipinski definition) is 3. The van der Waals surface area contributed by atoms with Crippen molar-refractivity contribution in [3.8, 4) is 0 Å². The van der Waals surface area contributed by atoms with Crippen molar-refractivity contribution in [3.63, 3.8) is 0 Å². The lowest BCUT2D eigenvalue weighted by Gasteiger charge is -2.22. The highest BCUT2D eigenvalue weighted by molar-refractivity contribution is 8.02. The molecule has 2 aromatic rings. The maximum atomic E-state index is 12.9. The number of anilines is 1. The molecular formula is C18H13ClN2OS. The summed E-state index contributed by atoms with van der Waals surface area (Å²) >= 11 is 7.64. The second-order valence-electron chi connectivity index (χ2n) is 5.36. The summed E-state index contributed by atoms with van der Waals surface area (Å²) in [5.41, 5.74) is 3.04. The van der Waals surface area contributed by atoms with Crippen LogP contribution in [-0.4, -0.2) is 23.4 Å². The average Bonchev–Trinajstić information content (AvgIpc) is 3.17. The minimum absolute atomic E-state index is 0.0432. The zero-order valence-corrected chi connectivity index (χ0v) is 13.7. The molecule has 2 aliphatic rings. The fourth-order valence-electron chi connectivity index (χ4n) is 2.82. The van der Waals surface area contributed by atoms with E-state index in [1.165, 1.54) is 0 Å². The van der Waals surface area contributed by atoms with Crippen molar-refractivity contribution in [2.24, 2.45) is 4.99 Å². The van der Waals surface area contributed by atoms with Crippen molar-refractivity contribution in [1.82, 2.24) is 0 Å². The lowest BCUT2D eigenvalue weighted by Crippen LogP contribution is -2.39. The third-order valence-corrected chi connectivity index (χ3v) is 5.04. The van der Waals surface area contributed by atoms with Gasteiger partial charge < -0.3 is 0 Å². The molecule has 2 aliphatic heterocycles. The largest absolute Gasteiger partial charge is 0.299 e. The molecule has 114 valence electrons. The van der Waals surface area contributed by atoms with Crippen LogP contribution in [0.15, 0.2) is 65.0 Å². The van der Waals surface area contributed by atoms with Crippen molar-refractivity contribution in [3.05, 3.63) is 70.6 Å². The van der Waals surface area contributed by atoms with Gasteiger partial charge in [0.1, 0.15) is 5.71 Å². The number of carbonyl (C=O) groups is 1. The van der Waals surface area contributed by atoms with Gasteiger partial charge in [0.2, 0.25) is 0 Å². The van der Waals surface area contributed by atoms with Gasteiger partial charge in [-0.15, -0.1) is 11.8 Å². The van der Waals surface area contributed by atoms with Crippen LogP contribution >= 0.6 is 23.4 Å². The molecule has 23 heavy (non-hydrogen) atoms. The first-order valence-corrected chi connectivity index (χ1v) is 8.72. The highest BCUT2D eigenvalue weighted by atomic mass is 35.5. The Morgan fingerprint density at radius 3 is 2.65 bits per heavy atom. The Labute approximate surface area is 143 Å². The van der Waals surface area contributed by atoms with Crippen LogP contribution < -0.4 is 4.90 Å². The first kappa shape index (κ1) is 14.5. The molecule has 0 bridgehead atoms. The topological polar surface area (TPSA) is 32.7 Å². The van der Waals surface area contributed by atoms with Crippen LogP contribution in [0.3, 0.4) is 0 Å². The van der Waals surface area contributed by atoms with Crippen molar-refractivity contribution in [1.29, 1.82) is 0 Å². The molecule has 0 aromatic heterocycles. The van der Waals surface area contributed by atoms with E-state index in [9.17, 15) is 4.79 Å². The number of thioether (sulfide) groups is 1. The standard InChI is InChI=1S/C18H13ClN2OS/c19-12-5-7-13(8-6-12)20-17-15-3-1-2-4-16(15)21(18(17)22)14-9-10-23-11-14/h1-10,14H,11H2/b20-17-. The average molecular weight is 341 g/mol. The van der Waals surface area contributed by atoms with E-state index < -0.39 is 0 Å². The van der Waals surface area contributed by atoms with Gasteiger partial charge in [0, 0.05) is 16.3 Å². The smallest absolute Gasteiger partial charge is 0.278 e. The number of carbonyl (C=O) groups excluding carboxylic acids is 1. The van der Waals surface area contributed by atoms with Crippen LogP contribution in [0.1, 0.15) is 5.56 Å². The van der Waals surface area contributed by atoms with Gasteiger partial charge >= 0.3 is 0 Å². The molecule has 0 fully saturated rings. The monoisotopic (exact) mass is 340 g/mol. The predicted octanol–water partition coefficient (Wildman–Crippen LogP) is 4.44. The maximum absolute atomic E-state index is 12.9. The van der Waals surface area contributed by atoms with Gasteiger partial charge in [-0.05, 0) is 35.7 Å². The van der Waals surface area contributed by atoms with Crippen LogP contribution in [0.4, 0.5) is 11.4 Å². The molecule has 4 rings (SSSR count). The number of rotatable bonds is 2. The highest BCUT2D eigenvalue weighted by Gasteiger charge is 2.37. The number of nitrogens with zero attached hydrogens (tertiary/aromatic N) is 2. The SMILES string of the molecule is O=C1/C(=N\c2ccc(Cl)cc2)c2ccccc2N1C1C=CSC1. The fraction of sp³-hybridized carbons (Fsp3) is 0.111. The van der Waals surface area contributed by atoms with E-state index in [4.69, 9.17) is 11.6 Å². The van der Waals surface area contributed by atoms with Gasteiger partial charge in [-0.2, -0.15) is 0 Å². The summed E-state index contributed by atoms with van der Waals surface area (Å²) in [5, 5.41) is 2.70. The number of aliphatic imine (C=N–C) groups is 1. The van der Waals surface area contributed by atoms with Crippen molar-refractivity contribution < 1.29 is 4.79 Å². The van der Waals surface area contributed by atoms with E-state index >= 15 is 0 Å². The van der Waals surface area contributed by atoms with Gasteiger partial charge in [0.15, 0.2) is 0 Å². The maximum Gasteiger partial charge on any atom is 0.278 e. The summed E-state index contributed by atoms with van der Waals surface area (Å²) in [4.78, 5) is 19.4. The van der Waals surface area contributed by atoms with Crippen LogP contribution in [-0.2, 0) is 4.79 Å². The zero-order chi connectivity index (χ0) is 15.8. The Hall–Kier alpha value is -2.04. The molecule has 3 nitrogen and oxygen atoms in total. The van der Waals surface area contributed by atoms with E-state index in [-0.39, 0.29) is 11.9 Å². The van der Waals surface area contributed by atoms with E-state index in [0.29, 0.717) is 10.7 Å². The number of amides is 1. The third-order valence-electron chi connectivity index (χ3n) is 3.90. The quantitative estimate of drug-likeness (QED) is 0.809. The molecule has 0 saturated heterocycles. The van der Waals surface area contributed by atoms with Gasteiger partial charge in [-0.1, -0.05) is 35.9 Å². The molecule has 1 amide bonds. The second kappa shape index (κ2) is 5.87. The molecule has 1 atom stereocenters. The Balaban J connectivity index is 1.80. The van der Waals surface area contributed by atoms with Crippen LogP contribution in [0.25, 0.3) is 0 Å². The summed E-state index contributed by atoms with van der Waals surface area (Å²) in [6.07, 6.45) is 2.07. The van der Waals surface area contributed by atoms with Gasteiger partial charge in [-0.3, -0.25) is 9.69 Å². The molecule has 0 radical (unpaired) electrons. The molecule has 5 heteroatoms. The third kappa shape index (κ3) is 2.58. The van der Waals surface area contributed by atoms with Gasteiger partial charge in [-0.25, -0.2) is 4.99 Å². The predicted molar refractivity (Wildman–Crippen MR) is 97.0 cm³/mol. The molecule has 0 spiro atoms. The van der Waals surface area contributed by atoms with E-state index in [1.54, 1.807) is 23.9 Å². The minimum Gasteiger partial charge on any atom is -0.299 e. The molecule has 1 unspecified atom stereocenters. The molecule has 2 aromatic carbocycles. The Bertz CT molecular complexity index is 829. The molecule has 2 heterocycles. The zero-order valence-electron chi connectivity index (χ0n) is 12.1. The Morgan fingerprint density at radius 2 is 1.91 bits per heavy atom. The Morgan fingerprint density at radius 1 is 1.13 bits per heavy atom. The lowest BCUT2D eigenvalue weighted by atomic mass is 10.1. The fourth-order valence-corrected chi connectivity index (χ4v) is 3.81. The summed E-state index contributed by atoms with van der Waals surface area (Å²) in [7, 11) is 0. The lowest BCUT2D eigenvalue weighted by molar-refractivity contribution is -0.112. The minimum atomic E-state index is -0.0432. The van der Waals surface area contributed by atoms with E-state index in [2.05, 4.69) is 16.5 Å². The van der Waals surface area contributed by atoms with Crippen LogP contribution in [0.5, 0.6) is 0 Å². The summed E-state index contributed by atoms with van der Waals surface area (Å²) in [6.45, 7) is 0. The van der Waals surface area contributed by atoms with Crippen molar-refractivity contribution >= 4 is 46.4 Å². The molecule has 0 saturated carbocycles. The summed E-state index contributed by atoms with van der Waals surface area (Å²) in [5.74, 6) is 0.840. The van der Waals surface area contributed by atoms with E-state index in [1.807, 2.05) is 41.3 Å². The van der Waals surface area contributed by atoms with Gasteiger partial charge in [0.05, 0.1) is 17.4 Å². The summed E-state index contributed by atoms with van der Waals surface area (Å²) < 4.78 is 0. The van der Waals surface area contributed by atoms with E-state index in [0.717, 1.165) is 22.7 Å². The van der Waals surface area contributed by atoms with Gasteiger partial charge in [0.25, 0.3) is 5.91 Å². The number of para-hydroxylation sites is 1. The number of hydrogen-bond donors (Lipinski definition) is 0. The Kier molecular flexibility index (Phi) is 3.71. The molecular weight excluding hydrogens is 328 g/mol. The number of fused-ring (bicyclic) bond motifs is 1. The first-order chi connectivity index (χ1) is 11.2. The van der Waals surface area contributed by atoms with Crippen LogP contribution in [0, 0.1) is 0 Å². The second-order valence-corrected chi connectivity index (χ2v) is 6.73. The molecule has 0 N–H and O–H groups in total.